The van der Waals surface area contributed by atoms with Crippen LogP contribution >= 0.6 is 0 Å². The fourth-order valence-electron chi connectivity index (χ4n) is 2.84. The highest BCUT2D eigenvalue weighted by Crippen LogP contribution is 2.19. The van der Waals surface area contributed by atoms with Crippen molar-refractivity contribution in [3.05, 3.63) is 18.3 Å². The maximum absolute atomic E-state index is 11.0. The van der Waals surface area contributed by atoms with Crippen LogP contribution in [0.25, 0.3) is 0 Å². The van der Waals surface area contributed by atoms with Crippen molar-refractivity contribution in [1.82, 2.24) is 9.88 Å². The van der Waals surface area contributed by atoms with E-state index in [0.29, 0.717) is 24.9 Å². The van der Waals surface area contributed by atoms with E-state index in [4.69, 9.17) is 10.5 Å². The summed E-state index contributed by atoms with van der Waals surface area (Å²) in [5.74, 6) is 0.427. The number of nitrogens with zero attached hydrogens (tertiary/aromatic N) is 2. The number of hydrogen-bond donors (Lipinski definition) is 2. The van der Waals surface area contributed by atoms with Crippen molar-refractivity contribution < 1.29 is 9.53 Å². The van der Waals surface area contributed by atoms with E-state index >= 15 is 0 Å². The summed E-state index contributed by atoms with van der Waals surface area (Å²) in [5.41, 5.74) is 6.29. The highest BCUT2D eigenvalue weighted by Gasteiger charge is 2.23. The fourth-order valence-corrected chi connectivity index (χ4v) is 2.84. The SMILES string of the molecule is CCOc1ccc(NC2CCN([C@H](C)CC(N)=O)CC2)cn1. The Bertz CT molecular complexity index is 470. The summed E-state index contributed by atoms with van der Waals surface area (Å²) in [6, 6.07) is 4.55. The zero-order chi connectivity index (χ0) is 15.9. The summed E-state index contributed by atoms with van der Waals surface area (Å²) in [6.45, 7) is 6.60. The molecule has 22 heavy (non-hydrogen) atoms. The molecular formula is C16H26N4O2. The number of likely N-dealkylation sites (tertiary alicyclic amines) is 1. The van der Waals surface area contributed by atoms with Gasteiger partial charge in [-0.3, -0.25) is 9.69 Å². The van der Waals surface area contributed by atoms with Gasteiger partial charge in [0.05, 0.1) is 18.5 Å². The number of amides is 1. The lowest BCUT2D eigenvalue weighted by atomic mass is 10.0. The van der Waals surface area contributed by atoms with Crippen LogP contribution in [0.5, 0.6) is 5.88 Å². The van der Waals surface area contributed by atoms with E-state index < -0.39 is 0 Å². The minimum Gasteiger partial charge on any atom is -0.478 e. The predicted octanol–water partition coefficient (Wildman–Crippen LogP) is 1.62. The number of nitrogens with two attached hydrogens (primary N) is 1. The lowest BCUT2D eigenvalue weighted by Gasteiger charge is -2.36. The van der Waals surface area contributed by atoms with Crippen molar-refractivity contribution >= 4 is 11.6 Å². The molecule has 0 spiro atoms. The molecule has 1 atom stereocenters. The molecule has 1 aromatic heterocycles. The molecule has 1 aliphatic rings. The van der Waals surface area contributed by atoms with Gasteiger partial charge >= 0.3 is 0 Å². The number of ether oxygens (including phenoxy) is 1. The molecule has 1 amide bonds. The van der Waals surface area contributed by atoms with Gasteiger partial charge in [-0.05, 0) is 32.8 Å². The number of pyridine rings is 1. The maximum atomic E-state index is 11.0. The number of primary amides is 1. The fraction of sp³-hybridized carbons (Fsp3) is 0.625. The number of nitrogens with one attached hydrogen (secondary N) is 1. The van der Waals surface area contributed by atoms with Crippen molar-refractivity contribution in [3.8, 4) is 5.88 Å². The van der Waals surface area contributed by atoms with Crippen molar-refractivity contribution in [1.29, 1.82) is 0 Å². The highest BCUT2D eigenvalue weighted by molar-refractivity contribution is 5.74. The molecule has 0 unspecified atom stereocenters. The first-order chi connectivity index (χ1) is 10.6. The van der Waals surface area contributed by atoms with E-state index in [1.54, 1.807) is 0 Å². The summed E-state index contributed by atoms with van der Waals surface area (Å²) in [4.78, 5) is 17.6. The van der Waals surface area contributed by atoms with Gasteiger partial charge in [-0.15, -0.1) is 0 Å². The van der Waals surface area contributed by atoms with Crippen molar-refractivity contribution in [2.75, 3.05) is 25.0 Å². The van der Waals surface area contributed by atoms with Gasteiger partial charge in [0.15, 0.2) is 0 Å². The van der Waals surface area contributed by atoms with Crippen LogP contribution in [-0.2, 0) is 4.79 Å². The topological polar surface area (TPSA) is 80.5 Å². The summed E-state index contributed by atoms with van der Waals surface area (Å²) < 4.78 is 5.34. The second-order valence-electron chi connectivity index (χ2n) is 5.79. The number of rotatable bonds is 7. The Hall–Kier alpha value is -1.82. The first kappa shape index (κ1) is 16.5. The number of aromatic nitrogens is 1. The van der Waals surface area contributed by atoms with Gasteiger partial charge in [-0.2, -0.15) is 0 Å². The van der Waals surface area contributed by atoms with Crippen molar-refractivity contribution in [3.63, 3.8) is 0 Å². The Balaban J connectivity index is 1.78. The standard InChI is InChI=1S/C16H26N4O2/c1-3-22-16-5-4-14(11-18-16)19-13-6-8-20(9-7-13)12(2)10-15(17)21/h4-5,11-13,19H,3,6-10H2,1-2H3,(H2,17,21)/t12-/m1/s1. The monoisotopic (exact) mass is 306 g/mol. The van der Waals surface area contributed by atoms with E-state index in [-0.39, 0.29) is 11.9 Å². The number of anilines is 1. The second-order valence-corrected chi connectivity index (χ2v) is 5.79. The maximum Gasteiger partial charge on any atom is 0.218 e. The Morgan fingerprint density at radius 1 is 1.50 bits per heavy atom. The first-order valence-corrected chi connectivity index (χ1v) is 7.96. The Kier molecular flexibility index (Phi) is 6.00. The Morgan fingerprint density at radius 3 is 2.77 bits per heavy atom. The number of carbonyl (C=O) groups excluding carboxylic acids is 1. The van der Waals surface area contributed by atoms with Crippen LogP contribution in [0.4, 0.5) is 5.69 Å². The van der Waals surface area contributed by atoms with Crippen molar-refractivity contribution in [2.45, 2.75) is 45.2 Å². The molecule has 1 aliphatic heterocycles. The molecule has 0 radical (unpaired) electrons. The zero-order valence-electron chi connectivity index (χ0n) is 13.4. The first-order valence-electron chi connectivity index (χ1n) is 7.96. The molecule has 6 nitrogen and oxygen atoms in total. The molecule has 1 fully saturated rings. The summed E-state index contributed by atoms with van der Waals surface area (Å²) in [7, 11) is 0. The third-order valence-corrected chi connectivity index (χ3v) is 4.05. The summed E-state index contributed by atoms with van der Waals surface area (Å²) in [6.07, 6.45) is 4.35. The van der Waals surface area contributed by atoms with Crippen molar-refractivity contribution in [2.24, 2.45) is 5.73 Å². The third kappa shape index (κ3) is 4.87. The smallest absolute Gasteiger partial charge is 0.218 e. The molecular weight excluding hydrogens is 280 g/mol. The molecule has 1 saturated heterocycles. The highest BCUT2D eigenvalue weighted by atomic mass is 16.5. The average Bonchev–Trinajstić information content (AvgIpc) is 2.49. The Morgan fingerprint density at radius 2 is 2.23 bits per heavy atom. The molecule has 0 saturated carbocycles. The van der Waals surface area contributed by atoms with Crippen LogP contribution in [-0.4, -0.2) is 47.6 Å². The molecule has 0 bridgehead atoms. The van der Waals surface area contributed by atoms with E-state index in [9.17, 15) is 4.79 Å². The van der Waals surface area contributed by atoms with E-state index in [1.165, 1.54) is 0 Å². The zero-order valence-corrected chi connectivity index (χ0v) is 13.4. The minimum atomic E-state index is -0.229. The summed E-state index contributed by atoms with van der Waals surface area (Å²) in [5, 5.41) is 3.51. The van der Waals surface area contributed by atoms with Crippen LogP contribution < -0.4 is 15.8 Å². The van der Waals surface area contributed by atoms with Gasteiger partial charge in [0.1, 0.15) is 0 Å². The van der Waals surface area contributed by atoms with Gasteiger partial charge in [0, 0.05) is 37.7 Å². The summed E-state index contributed by atoms with van der Waals surface area (Å²) >= 11 is 0. The number of carbonyl (C=O) groups is 1. The average molecular weight is 306 g/mol. The molecule has 0 aromatic carbocycles. The number of piperidine rings is 1. The van der Waals surface area contributed by atoms with Crippen LogP contribution in [0.3, 0.4) is 0 Å². The molecule has 2 rings (SSSR count). The van der Waals surface area contributed by atoms with E-state index in [1.807, 2.05) is 25.3 Å². The van der Waals surface area contributed by atoms with E-state index in [0.717, 1.165) is 31.6 Å². The van der Waals surface area contributed by atoms with Crippen LogP contribution in [0.1, 0.15) is 33.1 Å². The normalized spacial score (nSPS) is 17.9. The van der Waals surface area contributed by atoms with Crippen LogP contribution in [0.2, 0.25) is 0 Å². The largest absolute Gasteiger partial charge is 0.478 e. The van der Waals surface area contributed by atoms with Gasteiger partial charge in [-0.25, -0.2) is 4.98 Å². The van der Waals surface area contributed by atoms with E-state index in [2.05, 4.69) is 22.1 Å². The lowest BCUT2D eigenvalue weighted by molar-refractivity contribution is -0.119. The quantitative estimate of drug-likeness (QED) is 0.800. The third-order valence-electron chi connectivity index (χ3n) is 4.05. The molecule has 2 heterocycles. The van der Waals surface area contributed by atoms with Gasteiger partial charge < -0.3 is 15.8 Å². The predicted molar refractivity (Wildman–Crippen MR) is 86.9 cm³/mol. The molecule has 1 aromatic rings. The number of hydrogen-bond acceptors (Lipinski definition) is 5. The van der Waals surface area contributed by atoms with Gasteiger partial charge in [0.2, 0.25) is 11.8 Å². The van der Waals surface area contributed by atoms with Gasteiger partial charge in [0.25, 0.3) is 0 Å². The molecule has 122 valence electrons. The minimum absolute atomic E-state index is 0.227. The lowest BCUT2D eigenvalue weighted by Crippen LogP contribution is -2.44. The molecule has 0 aliphatic carbocycles. The second kappa shape index (κ2) is 7.98. The molecule has 6 heteroatoms. The van der Waals surface area contributed by atoms with Crippen LogP contribution in [0, 0.1) is 0 Å². The van der Waals surface area contributed by atoms with Gasteiger partial charge in [-0.1, -0.05) is 0 Å². The Labute approximate surface area is 132 Å². The van der Waals surface area contributed by atoms with Crippen LogP contribution in [0.15, 0.2) is 18.3 Å². The molecule has 3 N–H and O–H groups in total.